The molecule has 7 nitrogen and oxygen atoms in total. The predicted octanol–water partition coefficient (Wildman–Crippen LogP) is 3.12. The van der Waals surface area contributed by atoms with E-state index in [0.717, 1.165) is 11.3 Å². The van der Waals surface area contributed by atoms with Crippen molar-refractivity contribution in [2.75, 3.05) is 25.6 Å². The van der Waals surface area contributed by atoms with E-state index in [1.165, 1.54) is 0 Å². The summed E-state index contributed by atoms with van der Waals surface area (Å²) in [5.41, 5.74) is 2.66. The van der Waals surface area contributed by atoms with Gasteiger partial charge < -0.3 is 19.5 Å². The van der Waals surface area contributed by atoms with Crippen molar-refractivity contribution in [1.29, 1.82) is 0 Å². The van der Waals surface area contributed by atoms with Crippen LogP contribution >= 0.6 is 0 Å². The molecule has 7 heteroatoms. The molecule has 0 radical (unpaired) electrons. The summed E-state index contributed by atoms with van der Waals surface area (Å²) in [7, 11) is 3.35. The van der Waals surface area contributed by atoms with E-state index in [1.54, 1.807) is 43.1 Å². The van der Waals surface area contributed by atoms with Crippen molar-refractivity contribution < 1.29 is 19.0 Å². The average Bonchev–Trinajstić information content (AvgIpc) is 3.10. The molecule has 0 spiro atoms. The van der Waals surface area contributed by atoms with Crippen LogP contribution in [0.4, 0.5) is 5.69 Å². The van der Waals surface area contributed by atoms with Gasteiger partial charge in [-0.3, -0.25) is 9.48 Å². The fourth-order valence-electron chi connectivity index (χ4n) is 2.92. The first-order valence-electron chi connectivity index (χ1n) is 8.53. The monoisotopic (exact) mass is 365 g/mol. The number of benzene rings is 2. The number of nitrogens with zero attached hydrogens (tertiary/aromatic N) is 2. The van der Waals surface area contributed by atoms with Crippen molar-refractivity contribution in [2.45, 2.75) is 0 Å². The zero-order chi connectivity index (χ0) is 18.8. The number of fused-ring (bicyclic) bond motifs is 1. The molecular weight excluding hydrogens is 346 g/mol. The molecular formula is C20H19N3O4. The Morgan fingerprint density at radius 3 is 2.74 bits per heavy atom. The molecule has 0 atom stereocenters. The minimum atomic E-state index is -0.254. The van der Waals surface area contributed by atoms with Crippen molar-refractivity contribution in [3.8, 4) is 28.5 Å². The number of hydrogen-bond acceptors (Lipinski definition) is 5. The Bertz CT molecular complexity index is 997. The molecule has 4 rings (SSSR count). The van der Waals surface area contributed by atoms with Gasteiger partial charge in [0, 0.05) is 24.4 Å². The summed E-state index contributed by atoms with van der Waals surface area (Å²) < 4.78 is 17.9. The average molecular weight is 365 g/mol. The Kier molecular flexibility index (Phi) is 4.42. The molecule has 0 aliphatic carbocycles. The van der Waals surface area contributed by atoms with Crippen LogP contribution in [0.3, 0.4) is 0 Å². The number of carbonyl (C=O) groups excluding carboxylic acids is 1. The Morgan fingerprint density at radius 2 is 1.93 bits per heavy atom. The number of nitrogens with one attached hydrogen (secondary N) is 1. The maximum Gasteiger partial charge on any atom is 0.273 e. The van der Waals surface area contributed by atoms with Crippen LogP contribution in [0.2, 0.25) is 0 Å². The highest BCUT2D eigenvalue weighted by molar-refractivity contribution is 6.03. The molecule has 27 heavy (non-hydrogen) atoms. The lowest BCUT2D eigenvalue weighted by molar-refractivity contribution is 0.101. The molecule has 0 unspecified atom stereocenters. The second-order valence-corrected chi connectivity index (χ2v) is 6.08. The highest BCUT2D eigenvalue weighted by Gasteiger charge is 2.17. The molecule has 2 aromatic carbocycles. The van der Waals surface area contributed by atoms with Gasteiger partial charge in [-0.1, -0.05) is 12.1 Å². The normalized spacial score (nSPS) is 12.5. The second kappa shape index (κ2) is 7.03. The van der Waals surface area contributed by atoms with Crippen LogP contribution in [0.25, 0.3) is 11.3 Å². The van der Waals surface area contributed by atoms with Crippen LogP contribution in [0.15, 0.2) is 48.5 Å². The number of methoxy groups -OCH3 is 1. The van der Waals surface area contributed by atoms with Gasteiger partial charge in [-0.15, -0.1) is 0 Å². The number of ether oxygens (including phenoxy) is 3. The highest BCUT2D eigenvalue weighted by Crippen LogP contribution is 2.32. The van der Waals surface area contributed by atoms with Gasteiger partial charge in [0.05, 0.1) is 12.8 Å². The Labute approximate surface area is 156 Å². The Morgan fingerprint density at radius 1 is 1.11 bits per heavy atom. The fraction of sp³-hybridized carbons (Fsp3) is 0.200. The molecule has 1 aliphatic heterocycles. The van der Waals surface area contributed by atoms with Crippen LogP contribution in [0.1, 0.15) is 10.5 Å². The van der Waals surface area contributed by atoms with Gasteiger partial charge in [-0.2, -0.15) is 5.10 Å². The topological polar surface area (TPSA) is 74.6 Å². The minimum absolute atomic E-state index is 0.254. The van der Waals surface area contributed by atoms with E-state index in [2.05, 4.69) is 10.4 Å². The van der Waals surface area contributed by atoms with Crippen molar-refractivity contribution in [1.82, 2.24) is 9.78 Å². The van der Waals surface area contributed by atoms with Crippen LogP contribution in [-0.2, 0) is 7.05 Å². The lowest BCUT2D eigenvalue weighted by atomic mass is 10.1. The molecule has 1 aromatic heterocycles. The minimum Gasteiger partial charge on any atom is -0.497 e. The standard InChI is InChI=1S/C20H19N3O4/c1-23-17(12-16(22-23)13-4-3-5-15(10-13)25-2)20(24)21-14-6-7-18-19(11-14)27-9-8-26-18/h3-7,10-12H,8-9H2,1-2H3,(H,21,24). The van der Waals surface area contributed by atoms with Gasteiger partial charge in [0.1, 0.15) is 24.7 Å². The van der Waals surface area contributed by atoms with Crippen LogP contribution < -0.4 is 19.5 Å². The van der Waals surface area contributed by atoms with Crippen molar-refractivity contribution in [3.63, 3.8) is 0 Å². The Balaban J connectivity index is 1.56. The van der Waals surface area contributed by atoms with Crippen molar-refractivity contribution in [3.05, 3.63) is 54.2 Å². The summed E-state index contributed by atoms with van der Waals surface area (Å²) in [6.07, 6.45) is 0. The second-order valence-electron chi connectivity index (χ2n) is 6.08. The van der Waals surface area contributed by atoms with Gasteiger partial charge >= 0.3 is 0 Å². The number of rotatable bonds is 4. The summed E-state index contributed by atoms with van der Waals surface area (Å²) in [5.74, 6) is 1.79. The zero-order valence-corrected chi connectivity index (χ0v) is 15.1. The summed E-state index contributed by atoms with van der Waals surface area (Å²) in [4.78, 5) is 12.7. The Hall–Kier alpha value is -3.48. The molecule has 3 aromatic rings. The third-order valence-corrected chi connectivity index (χ3v) is 4.28. The van der Waals surface area contributed by atoms with Gasteiger partial charge in [0.15, 0.2) is 11.5 Å². The number of hydrogen-bond donors (Lipinski definition) is 1. The van der Waals surface area contributed by atoms with Crippen molar-refractivity contribution >= 4 is 11.6 Å². The zero-order valence-electron chi connectivity index (χ0n) is 15.1. The van der Waals surface area contributed by atoms with Crippen LogP contribution in [0, 0.1) is 0 Å². The SMILES string of the molecule is COc1cccc(-c2cc(C(=O)Nc3ccc4c(c3)OCCO4)n(C)n2)c1. The number of anilines is 1. The molecule has 0 saturated carbocycles. The van der Waals surface area contributed by atoms with E-state index >= 15 is 0 Å². The summed E-state index contributed by atoms with van der Waals surface area (Å²) in [6, 6.07) is 14.6. The first kappa shape index (κ1) is 17.0. The number of carbonyl (C=O) groups is 1. The summed E-state index contributed by atoms with van der Waals surface area (Å²) >= 11 is 0. The van der Waals surface area contributed by atoms with E-state index in [4.69, 9.17) is 14.2 Å². The van der Waals surface area contributed by atoms with E-state index in [9.17, 15) is 4.79 Å². The van der Waals surface area contributed by atoms with Crippen LogP contribution in [-0.4, -0.2) is 36.0 Å². The predicted molar refractivity (Wildman–Crippen MR) is 101 cm³/mol. The number of amides is 1. The maximum atomic E-state index is 12.7. The molecule has 0 bridgehead atoms. The first-order chi connectivity index (χ1) is 13.1. The molecule has 1 aliphatic rings. The van der Waals surface area contributed by atoms with E-state index in [-0.39, 0.29) is 5.91 Å². The third-order valence-electron chi connectivity index (χ3n) is 4.28. The highest BCUT2D eigenvalue weighted by atomic mass is 16.6. The van der Waals surface area contributed by atoms with E-state index < -0.39 is 0 Å². The molecule has 0 saturated heterocycles. The molecule has 2 heterocycles. The number of aromatic nitrogens is 2. The largest absolute Gasteiger partial charge is 0.497 e. The summed E-state index contributed by atoms with van der Waals surface area (Å²) in [6.45, 7) is 1.02. The van der Waals surface area contributed by atoms with Crippen LogP contribution in [0.5, 0.6) is 17.2 Å². The van der Waals surface area contributed by atoms with E-state index in [1.807, 2.05) is 24.3 Å². The van der Waals surface area contributed by atoms with Gasteiger partial charge in [0.2, 0.25) is 0 Å². The smallest absolute Gasteiger partial charge is 0.273 e. The van der Waals surface area contributed by atoms with Crippen molar-refractivity contribution in [2.24, 2.45) is 7.05 Å². The number of aryl methyl sites for hydroxylation is 1. The maximum absolute atomic E-state index is 12.7. The molecule has 1 N–H and O–H groups in total. The third kappa shape index (κ3) is 3.44. The summed E-state index contributed by atoms with van der Waals surface area (Å²) in [5, 5.41) is 7.32. The van der Waals surface area contributed by atoms with Gasteiger partial charge in [-0.05, 0) is 30.3 Å². The lowest BCUT2D eigenvalue weighted by Gasteiger charge is -2.19. The fourth-order valence-corrected chi connectivity index (χ4v) is 2.92. The molecule has 1 amide bonds. The first-order valence-corrected chi connectivity index (χ1v) is 8.53. The lowest BCUT2D eigenvalue weighted by Crippen LogP contribution is -2.18. The van der Waals surface area contributed by atoms with Gasteiger partial charge in [-0.25, -0.2) is 0 Å². The molecule has 138 valence electrons. The van der Waals surface area contributed by atoms with E-state index in [0.29, 0.717) is 41.8 Å². The molecule has 0 fully saturated rings. The van der Waals surface area contributed by atoms with Gasteiger partial charge in [0.25, 0.3) is 5.91 Å². The quantitative estimate of drug-likeness (QED) is 0.769.